The molecule has 1 saturated heterocycles. The Hall–Kier alpha value is -3.38. The summed E-state index contributed by atoms with van der Waals surface area (Å²) in [5, 5.41) is 2.96. The average Bonchev–Trinajstić information content (AvgIpc) is 2.85. The van der Waals surface area contributed by atoms with Gasteiger partial charge in [0.1, 0.15) is 5.56 Å². The Balaban J connectivity index is 1.31. The second-order valence-corrected chi connectivity index (χ2v) is 8.26. The van der Waals surface area contributed by atoms with Crippen molar-refractivity contribution in [2.24, 2.45) is 0 Å². The summed E-state index contributed by atoms with van der Waals surface area (Å²) in [7, 11) is 0. The first-order valence-corrected chi connectivity index (χ1v) is 11.2. The topological polar surface area (TPSA) is 57.6 Å². The molecule has 0 radical (unpaired) electrons. The van der Waals surface area contributed by atoms with Crippen LogP contribution in [-0.4, -0.2) is 54.1 Å². The van der Waals surface area contributed by atoms with Crippen LogP contribution in [0.15, 0.2) is 83.8 Å². The molecule has 166 valence electrons. The maximum atomic E-state index is 12.8. The number of para-hydroxylation sites is 1. The number of aromatic nitrogens is 1. The SMILES string of the molecule is CC(CNC(=O)c1cccn(Cc2ccccc2)c1=O)N1CCN(c2ccccc2)CC1. The fourth-order valence-electron chi connectivity index (χ4n) is 4.14. The van der Waals surface area contributed by atoms with Gasteiger partial charge in [0.2, 0.25) is 0 Å². The van der Waals surface area contributed by atoms with Gasteiger partial charge in [-0.3, -0.25) is 14.5 Å². The monoisotopic (exact) mass is 430 g/mol. The third kappa shape index (κ3) is 5.26. The molecule has 32 heavy (non-hydrogen) atoms. The number of carbonyl (C=O) groups excluding carboxylic acids is 1. The molecule has 1 N–H and O–H groups in total. The van der Waals surface area contributed by atoms with Crippen molar-refractivity contribution in [2.45, 2.75) is 19.5 Å². The molecule has 2 aromatic carbocycles. The Morgan fingerprint density at radius 2 is 1.56 bits per heavy atom. The zero-order valence-electron chi connectivity index (χ0n) is 18.5. The molecule has 1 aliphatic heterocycles. The lowest BCUT2D eigenvalue weighted by molar-refractivity contribution is 0.0932. The standard InChI is InChI=1S/C26H30N4O2/c1-21(28-15-17-29(18-16-28)23-11-6-3-7-12-23)19-27-25(31)24-13-8-14-30(26(24)32)20-22-9-4-2-5-10-22/h2-14,21H,15-20H2,1H3,(H,27,31). The number of benzene rings is 2. The molecule has 0 saturated carbocycles. The van der Waals surface area contributed by atoms with Crippen LogP contribution in [0.2, 0.25) is 0 Å². The van der Waals surface area contributed by atoms with Gasteiger partial charge in [-0.15, -0.1) is 0 Å². The van der Waals surface area contributed by atoms with Gasteiger partial charge in [-0.1, -0.05) is 48.5 Å². The Bertz CT molecular complexity index is 1070. The van der Waals surface area contributed by atoms with Crippen molar-refractivity contribution in [1.29, 1.82) is 0 Å². The number of anilines is 1. The van der Waals surface area contributed by atoms with Crippen molar-refractivity contribution in [3.8, 4) is 0 Å². The second-order valence-electron chi connectivity index (χ2n) is 8.26. The van der Waals surface area contributed by atoms with Crippen LogP contribution < -0.4 is 15.8 Å². The van der Waals surface area contributed by atoms with E-state index >= 15 is 0 Å². The van der Waals surface area contributed by atoms with Crippen LogP contribution in [0.5, 0.6) is 0 Å². The van der Waals surface area contributed by atoms with E-state index in [1.807, 2.05) is 36.4 Å². The van der Waals surface area contributed by atoms with Crippen molar-refractivity contribution in [1.82, 2.24) is 14.8 Å². The quantitative estimate of drug-likeness (QED) is 0.626. The number of nitrogens with zero attached hydrogens (tertiary/aromatic N) is 3. The van der Waals surface area contributed by atoms with Gasteiger partial charge in [-0.05, 0) is 36.8 Å². The molecule has 1 aliphatic rings. The molecular formula is C26H30N4O2. The van der Waals surface area contributed by atoms with Gasteiger partial charge in [0.25, 0.3) is 11.5 Å². The van der Waals surface area contributed by atoms with Gasteiger partial charge in [-0.2, -0.15) is 0 Å². The molecule has 4 rings (SSSR count). The Morgan fingerprint density at radius 3 is 2.25 bits per heavy atom. The minimum atomic E-state index is -0.313. The van der Waals surface area contributed by atoms with E-state index < -0.39 is 0 Å². The Morgan fingerprint density at radius 1 is 0.906 bits per heavy atom. The van der Waals surface area contributed by atoms with Gasteiger partial charge in [0.15, 0.2) is 0 Å². The van der Waals surface area contributed by atoms with E-state index in [1.54, 1.807) is 22.9 Å². The summed E-state index contributed by atoms with van der Waals surface area (Å²) in [5.41, 5.74) is 2.20. The van der Waals surface area contributed by atoms with Crippen molar-refractivity contribution in [3.63, 3.8) is 0 Å². The summed E-state index contributed by atoms with van der Waals surface area (Å²) >= 11 is 0. The van der Waals surface area contributed by atoms with Crippen molar-refractivity contribution >= 4 is 11.6 Å². The molecule has 6 heteroatoms. The van der Waals surface area contributed by atoms with E-state index in [0.717, 1.165) is 31.7 Å². The van der Waals surface area contributed by atoms with E-state index in [0.29, 0.717) is 13.1 Å². The van der Waals surface area contributed by atoms with Crippen LogP contribution >= 0.6 is 0 Å². The molecule has 1 unspecified atom stereocenters. The molecule has 1 fully saturated rings. The zero-order valence-corrected chi connectivity index (χ0v) is 18.5. The third-order valence-corrected chi connectivity index (χ3v) is 6.08. The van der Waals surface area contributed by atoms with Crippen LogP contribution in [-0.2, 0) is 6.54 Å². The number of amides is 1. The van der Waals surface area contributed by atoms with Crippen LogP contribution in [0.4, 0.5) is 5.69 Å². The maximum absolute atomic E-state index is 12.8. The molecule has 0 bridgehead atoms. The average molecular weight is 431 g/mol. The lowest BCUT2D eigenvalue weighted by Gasteiger charge is -2.39. The van der Waals surface area contributed by atoms with E-state index in [2.05, 4.69) is 46.3 Å². The number of hydrogen-bond acceptors (Lipinski definition) is 4. The molecule has 1 atom stereocenters. The van der Waals surface area contributed by atoms with Crippen LogP contribution in [0.25, 0.3) is 0 Å². The normalized spacial score (nSPS) is 15.3. The van der Waals surface area contributed by atoms with E-state index in [4.69, 9.17) is 0 Å². The molecule has 1 aromatic heterocycles. The smallest absolute Gasteiger partial charge is 0.263 e. The first-order chi connectivity index (χ1) is 15.6. The lowest BCUT2D eigenvalue weighted by atomic mass is 10.2. The van der Waals surface area contributed by atoms with Crippen LogP contribution in [0.3, 0.4) is 0 Å². The van der Waals surface area contributed by atoms with E-state index in [9.17, 15) is 9.59 Å². The largest absolute Gasteiger partial charge is 0.369 e. The van der Waals surface area contributed by atoms with Crippen molar-refractivity contribution < 1.29 is 4.79 Å². The van der Waals surface area contributed by atoms with Crippen molar-refractivity contribution in [2.75, 3.05) is 37.6 Å². The van der Waals surface area contributed by atoms with Gasteiger partial charge >= 0.3 is 0 Å². The number of carbonyl (C=O) groups is 1. The predicted molar refractivity (Wildman–Crippen MR) is 128 cm³/mol. The number of hydrogen-bond donors (Lipinski definition) is 1. The van der Waals surface area contributed by atoms with Gasteiger partial charge in [0, 0.05) is 50.6 Å². The summed E-state index contributed by atoms with van der Waals surface area (Å²) in [6.45, 7) is 6.90. The molecule has 6 nitrogen and oxygen atoms in total. The van der Waals surface area contributed by atoms with Crippen LogP contribution in [0, 0.1) is 0 Å². The summed E-state index contributed by atoms with van der Waals surface area (Å²) < 4.78 is 1.58. The molecule has 2 heterocycles. The summed E-state index contributed by atoms with van der Waals surface area (Å²) in [6.07, 6.45) is 1.72. The van der Waals surface area contributed by atoms with Gasteiger partial charge in [0.05, 0.1) is 6.54 Å². The fraction of sp³-hybridized carbons (Fsp3) is 0.308. The lowest BCUT2D eigenvalue weighted by Crippen LogP contribution is -2.52. The number of nitrogens with one attached hydrogen (secondary N) is 1. The molecule has 1 amide bonds. The Kier molecular flexibility index (Phi) is 7.02. The van der Waals surface area contributed by atoms with Gasteiger partial charge < -0.3 is 14.8 Å². The molecule has 0 spiro atoms. The molecule has 0 aliphatic carbocycles. The fourth-order valence-corrected chi connectivity index (χ4v) is 4.14. The van der Waals surface area contributed by atoms with E-state index in [1.165, 1.54) is 5.69 Å². The first-order valence-electron chi connectivity index (χ1n) is 11.2. The summed E-state index contributed by atoms with van der Waals surface area (Å²) in [4.78, 5) is 30.3. The summed E-state index contributed by atoms with van der Waals surface area (Å²) in [6, 6.07) is 23.8. The maximum Gasteiger partial charge on any atom is 0.263 e. The van der Waals surface area contributed by atoms with Crippen molar-refractivity contribution in [3.05, 3.63) is 100 Å². The summed E-state index contributed by atoms with van der Waals surface area (Å²) in [5.74, 6) is -0.313. The third-order valence-electron chi connectivity index (χ3n) is 6.08. The number of rotatable bonds is 7. The van der Waals surface area contributed by atoms with E-state index in [-0.39, 0.29) is 23.1 Å². The highest BCUT2D eigenvalue weighted by molar-refractivity contribution is 5.93. The molecular weight excluding hydrogens is 400 g/mol. The highest BCUT2D eigenvalue weighted by atomic mass is 16.2. The highest BCUT2D eigenvalue weighted by Crippen LogP contribution is 2.16. The second kappa shape index (κ2) is 10.3. The van der Waals surface area contributed by atoms with Crippen LogP contribution in [0.1, 0.15) is 22.8 Å². The van der Waals surface area contributed by atoms with Gasteiger partial charge in [-0.25, -0.2) is 0 Å². The molecule has 3 aromatic rings. The minimum Gasteiger partial charge on any atom is -0.369 e. The minimum absolute atomic E-state index is 0.185. The first kappa shape index (κ1) is 21.8. The zero-order chi connectivity index (χ0) is 22.3. The Labute approximate surface area is 189 Å². The predicted octanol–water partition coefficient (Wildman–Crippen LogP) is 2.84. The number of piperazine rings is 1. The number of pyridine rings is 1. The highest BCUT2D eigenvalue weighted by Gasteiger charge is 2.22.